The summed E-state index contributed by atoms with van der Waals surface area (Å²) in [5, 5.41) is 8.40. The first-order valence-electron chi connectivity index (χ1n) is 5.61. The molecule has 0 spiro atoms. The highest BCUT2D eigenvalue weighted by atomic mass is 32.1. The molecule has 0 aliphatic carbocycles. The van der Waals surface area contributed by atoms with Crippen molar-refractivity contribution in [2.24, 2.45) is 0 Å². The van der Waals surface area contributed by atoms with Gasteiger partial charge in [-0.25, -0.2) is 0 Å². The molecule has 0 radical (unpaired) electrons. The molecule has 4 heteroatoms. The van der Waals surface area contributed by atoms with Crippen LogP contribution >= 0.6 is 11.3 Å². The summed E-state index contributed by atoms with van der Waals surface area (Å²) in [6, 6.07) is 10.6. The number of aromatic nitrogens is 2. The molecule has 86 valence electrons. The van der Waals surface area contributed by atoms with Crippen molar-refractivity contribution in [1.29, 1.82) is 0 Å². The van der Waals surface area contributed by atoms with E-state index in [0.29, 0.717) is 5.82 Å². The molecule has 0 aliphatic rings. The largest absolute Gasteiger partial charge is 0.382 e. The summed E-state index contributed by atoms with van der Waals surface area (Å²) in [5.41, 5.74) is 8.01. The van der Waals surface area contributed by atoms with Gasteiger partial charge in [0.2, 0.25) is 0 Å². The van der Waals surface area contributed by atoms with Gasteiger partial charge in [-0.3, -0.25) is 5.10 Å². The lowest BCUT2D eigenvalue weighted by molar-refractivity contribution is 1.11. The number of hydrogen-bond acceptors (Lipinski definition) is 3. The summed E-state index contributed by atoms with van der Waals surface area (Å²) in [6.07, 6.45) is 0.895. The third-order valence-corrected chi connectivity index (χ3v) is 4.06. The lowest BCUT2D eigenvalue weighted by atomic mass is 10.1. The van der Waals surface area contributed by atoms with Crippen LogP contribution in [0.15, 0.2) is 30.3 Å². The minimum Gasteiger partial charge on any atom is -0.382 e. The smallest absolute Gasteiger partial charge is 0.149 e. The van der Waals surface area contributed by atoms with E-state index < -0.39 is 0 Å². The number of nitrogen functional groups attached to an aromatic ring is 1. The van der Waals surface area contributed by atoms with Crippen molar-refractivity contribution in [3.63, 3.8) is 0 Å². The maximum atomic E-state index is 5.85. The van der Waals surface area contributed by atoms with Gasteiger partial charge in [-0.05, 0) is 23.9 Å². The van der Waals surface area contributed by atoms with Crippen LogP contribution in [-0.4, -0.2) is 10.2 Å². The third-order valence-electron chi connectivity index (χ3n) is 2.92. The molecular formula is C13H13N3S. The number of aromatic amines is 1. The zero-order chi connectivity index (χ0) is 11.8. The predicted molar refractivity (Wildman–Crippen MR) is 73.2 cm³/mol. The zero-order valence-corrected chi connectivity index (χ0v) is 10.3. The molecule has 0 aliphatic heterocycles. The van der Waals surface area contributed by atoms with Crippen LogP contribution < -0.4 is 5.73 Å². The van der Waals surface area contributed by atoms with Gasteiger partial charge in [-0.1, -0.05) is 25.1 Å². The van der Waals surface area contributed by atoms with Crippen LogP contribution in [0.2, 0.25) is 0 Å². The normalized spacial score (nSPS) is 11.1. The summed E-state index contributed by atoms with van der Waals surface area (Å²) in [7, 11) is 0. The Morgan fingerprint density at radius 2 is 2.18 bits per heavy atom. The molecule has 0 saturated heterocycles. The first-order chi connectivity index (χ1) is 8.29. The second-order valence-electron chi connectivity index (χ2n) is 3.96. The van der Waals surface area contributed by atoms with Crippen LogP contribution in [0.4, 0.5) is 5.82 Å². The Balaban J connectivity index is 2.20. The topological polar surface area (TPSA) is 54.7 Å². The Morgan fingerprint density at radius 3 is 2.94 bits per heavy atom. The SMILES string of the molecule is CCc1c(N)n[nH]c1-c1cc2ccccc2s1. The number of nitrogens with two attached hydrogens (primary N) is 1. The lowest BCUT2D eigenvalue weighted by Crippen LogP contribution is -1.90. The van der Waals surface area contributed by atoms with E-state index in [1.54, 1.807) is 11.3 Å². The van der Waals surface area contributed by atoms with Crippen molar-refractivity contribution < 1.29 is 0 Å². The maximum absolute atomic E-state index is 5.85. The molecule has 0 bridgehead atoms. The molecule has 17 heavy (non-hydrogen) atoms. The average molecular weight is 243 g/mol. The molecule has 3 N–H and O–H groups in total. The highest BCUT2D eigenvalue weighted by molar-refractivity contribution is 7.22. The highest BCUT2D eigenvalue weighted by Gasteiger charge is 2.13. The van der Waals surface area contributed by atoms with Gasteiger partial charge in [-0.15, -0.1) is 11.3 Å². The Kier molecular flexibility index (Phi) is 2.37. The van der Waals surface area contributed by atoms with Crippen LogP contribution in [0.25, 0.3) is 20.7 Å². The number of hydrogen-bond donors (Lipinski definition) is 2. The minimum absolute atomic E-state index is 0.611. The van der Waals surface area contributed by atoms with Crippen LogP contribution in [0.3, 0.4) is 0 Å². The molecule has 0 saturated carbocycles. The number of rotatable bonds is 2. The molecule has 0 unspecified atom stereocenters. The van der Waals surface area contributed by atoms with Gasteiger partial charge in [0, 0.05) is 10.3 Å². The molecule has 3 aromatic rings. The maximum Gasteiger partial charge on any atom is 0.149 e. The van der Waals surface area contributed by atoms with Gasteiger partial charge in [0.15, 0.2) is 0 Å². The Morgan fingerprint density at radius 1 is 1.35 bits per heavy atom. The Hall–Kier alpha value is -1.81. The summed E-state index contributed by atoms with van der Waals surface area (Å²) in [6.45, 7) is 2.10. The standard InChI is InChI=1S/C13H13N3S/c1-2-9-12(15-16-13(9)14)11-7-8-5-3-4-6-10(8)17-11/h3-7H,2H2,1H3,(H3,14,15,16). The fourth-order valence-corrected chi connectivity index (χ4v) is 3.13. The van der Waals surface area contributed by atoms with E-state index in [-0.39, 0.29) is 0 Å². The Bertz CT molecular complexity index is 633. The Labute approximate surface area is 103 Å². The zero-order valence-electron chi connectivity index (χ0n) is 9.53. The lowest BCUT2D eigenvalue weighted by Gasteiger charge is -1.96. The van der Waals surface area contributed by atoms with E-state index >= 15 is 0 Å². The van der Waals surface area contributed by atoms with Gasteiger partial charge in [-0.2, -0.15) is 5.10 Å². The average Bonchev–Trinajstić information content (AvgIpc) is 2.91. The summed E-state index contributed by atoms with van der Waals surface area (Å²) in [5.74, 6) is 0.611. The van der Waals surface area contributed by atoms with E-state index in [4.69, 9.17) is 5.73 Å². The van der Waals surface area contributed by atoms with E-state index in [0.717, 1.165) is 17.7 Å². The fraction of sp³-hybridized carbons (Fsp3) is 0.154. The molecule has 0 fully saturated rings. The van der Waals surface area contributed by atoms with Crippen LogP contribution in [0, 0.1) is 0 Å². The van der Waals surface area contributed by atoms with Gasteiger partial charge in [0.05, 0.1) is 10.6 Å². The molecule has 0 amide bonds. The quantitative estimate of drug-likeness (QED) is 0.724. The van der Waals surface area contributed by atoms with Crippen molar-refractivity contribution in [3.8, 4) is 10.6 Å². The highest BCUT2D eigenvalue weighted by Crippen LogP contribution is 2.35. The second kappa shape index (κ2) is 3.89. The molecule has 2 aromatic heterocycles. The third kappa shape index (κ3) is 1.61. The van der Waals surface area contributed by atoms with Crippen molar-refractivity contribution >= 4 is 27.2 Å². The van der Waals surface area contributed by atoms with E-state index in [2.05, 4.69) is 47.5 Å². The number of nitrogens with zero attached hydrogens (tertiary/aromatic N) is 1. The second-order valence-corrected chi connectivity index (χ2v) is 5.05. The number of fused-ring (bicyclic) bond motifs is 1. The summed E-state index contributed by atoms with van der Waals surface area (Å²) < 4.78 is 1.29. The number of H-pyrrole nitrogens is 1. The molecule has 0 atom stereocenters. The van der Waals surface area contributed by atoms with Crippen LogP contribution in [0.1, 0.15) is 12.5 Å². The molecule has 2 heterocycles. The van der Waals surface area contributed by atoms with Crippen molar-refractivity contribution in [1.82, 2.24) is 10.2 Å². The predicted octanol–water partition coefficient (Wildman–Crippen LogP) is 3.44. The minimum atomic E-state index is 0.611. The van der Waals surface area contributed by atoms with E-state index in [1.165, 1.54) is 15.0 Å². The number of thiophene rings is 1. The molecular weight excluding hydrogens is 230 g/mol. The first kappa shape index (κ1) is 10.4. The van der Waals surface area contributed by atoms with Crippen LogP contribution in [-0.2, 0) is 6.42 Å². The fourth-order valence-electron chi connectivity index (χ4n) is 2.05. The van der Waals surface area contributed by atoms with E-state index in [1.807, 2.05) is 0 Å². The van der Waals surface area contributed by atoms with Gasteiger partial charge >= 0.3 is 0 Å². The number of benzene rings is 1. The summed E-state index contributed by atoms with van der Waals surface area (Å²) in [4.78, 5) is 1.20. The van der Waals surface area contributed by atoms with Crippen molar-refractivity contribution in [2.75, 3.05) is 5.73 Å². The monoisotopic (exact) mass is 243 g/mol. The molecule has 1 aromatic carbocycles. The van der Waals surface area contributed by atoms with Crippen LogP contribution in [0.5, 0.6) is 0 Å². The molecule has 3 nitrogen and oxygen atoms in total. The van der Waals surface area contributed by atoms with Gasteiger partial charge in [0.1, 0.15) is 5.82 Å². The van der Waals surface area contributed by atoms with Gasteiger partial charge < -0.3 is 5.73 Å². The molecule has 3 rings (SSSR count). The van der Waals surface area contributed by atoms with E-state index in [9.17, 15) is 0 Å². The van der Waals surface area contributed by atoms with Crippen molar-refractivity contribution in [3.05, 3.63) is 35.9 Å². The number of nitrogens with one attached hydrogen (secondary N) is 1. The van der Waals surface area contributed by atoms with Crippen molar-refractivity contribution in [2.45, 2.75) is 13.3 Å². The van der Waals surface area contributed by atoms with Gasteiger partial charge in [0.25, 0.3) is 0 Å². The number of anilines is 1. The first-order valence-corrected chi connectivity index (χ1v) is 6.43. The summed E-state index contributed by atoms with van der Waals surface area (Å²) >= 11 is 1.77.